The molecule has 144 valence electrons. The number of rotatable bonds is 5. The van der Waals surface area contributed by atoms with Crippen LogP contribution in [-0.4, -0.2) is 33.2 Å². The van der Waals surface area contributed by atoms with Crippen LogP contribution < -0.4 is 20.4 Å². The summed E-state index contributed by atoms with van der Waals surface area (Å²) in [6.07, 6.45) is 0. The molecule has 0 saturated carbocycles. The lowest BCUT2D eigenvalue weighted by Crippen LogP contribution is -2.17. The van der Waals surface area contributed by atoms with Gasteiger partial charge in [0, 0.05) is 12.1 Å². The van der Waals surface area contributed by atoms with Crippen molar-refractivity contribution in [2.75, 3.05) is 26.6 Å². The maximum Gasteiger partial charge on any atom is 0.344 e. The van der Waals surface area contributed by atoms with E-state index in [1.54, 1.807) is 24.3 Å². The minimum Gasteiger partial charge on any atom is -0.493 e. The first-order valence-electron chi connectivity index (χ1n) is 8.17. The maximum atomic E-state index is 12.7. The zero-order valence-corrected chi connectivity index (χ0v) is 15.4. The molecule has 1 N–H and O–H groups in total. The standard InChI is InChI=1S/C20H17NO7/c1-25-15-9-13(19(23)27-3)14(10-16(15)26-2)21-18(22)17-8-11-6-4-5-7-12(11)20(24)28-17/h4-10H,1-3H3,(H,21,22). The summed E-state index contributed by atoms with van der Waals surface area (Å²) in [6.45, 7) is 0. The Bertz CT molecular complexity index is 1120. The van der Waals surface area contributed by atoms with E-state index in [-0.39, 0.29) is 22.8 Å². The Labute approximate surface area is 159 Å². The number of methoxy groups -OCH3 is 3. The van der Waals surface area contributed by atoms with Gasteiger partial charge in [0.05, 0.1) is 38.0 Å². The highest BCUT2D eigenvalue weighted by molar-refractivity contribution is 6.08. The van der Waals surface area contributed by atoms with Crippen LogP contribution in [0.5, 0.6) is 11.5 Å². The molecule has 1 aromatic heterocycles. The minimum absolute atomic E-state index is 0.0524. The van der Waals surface area contributed by atoms with Crippen LogP contribution in [0.2, 0.25) is 0 Å². The molecule has 0 bridgehead atoms. The molecular weight excluding hydrogens is 366 g/mol. The summed E-state index contributed by atoms with van der Waals surface area (Å²) in [6, 6.07) is 11.0. The molecule has 0 aliphatic heterocycles. The van der Waals surface area contributed by atoms with E-state index in [0.717, 1.165) is 0 Å². The van der Waals surface area contributed by atoms with Crippen molar-refractivity contribution < 1.29 is 28.2 Å². The number of hydrogen-bond donors (Lipinski definition) is 1. The molecule has 2 aromatic carbocycles. The first kappa shape index (κ1) is 19.0. The average molecular weight is 383 g/mol. The zero-order chi connectivity index (χ0) is 20.3. The lowest BCUT2D eigenvalue weighted by Gasteiger charge is -2.14. The van der Waals surface area contributed by atoms with Crippen LogP contribution in [0.4, 0.5) is 5.69 Å². The highest BCUT2D eigenvalue weighted by Gasteiger charge is 2.21. The summed E-state index contributed by atoms with van der Waals surface area (Å²) in [4.78, 5) is 36.9. The van der Waals surface area contributed by atoms with Gasteiger partial charge in [0.1, 0.15) is 0 Å². The van der Waals surface area contributed by atoms with E-state index in [0.29, 0.717) is 16.5 Å². The minimum atomic E-state index is -0.708. The van der Waals surface area contributed by atoms with Crippen LogP contribution in [0.3, 0.4) is 0 Å². The number of amides is 1. The molecule has 0 spiro atoms. The van der Waals surface area contributed by atoms with Gasteiger partial charge >= 0.3 is 11.6 Å². The van der Waals surface area contributed by atoms with Gasteiger partial charge in [-0.3, -0.25) is 4.79 Å². The lowest BCUT2D eigenvalue weighted by atomic mass is 10.1. The van der Waals surface area contributed by atoms with Crippen molar-refractivity contribution in [1.82, 2.24) is 0 Å². The van der Waals surface area contributed by atoms with Crippen LogP contribution in [-0.2, 0) is 4.74 Å². The SMILES string of the molecule is COC(=O)c1cc(OC)c(OC)cc1NC(=O)c1cc2ccccc2c(=O)o1. The first-order valence-corrected chi connectivity index (χ1v) is 8.17. The third-order valence-electron chi connectivity index (χ3n) is 4.07. The number of anilines is 1. The largest absolute Gasteiger partial charge is 0.493 e. The topological polar surface area (TPSA) is 104 Å². The third kappa shape index (κ3) is 3.52. The van der Waals surface area contributed by atoms with Crippen LogP contribution in [0.25, 0.3) is 10.8 Å². The number of carbonyl (C=O) groups excluding carboxylic acids is 2. The summed E-state index contributed by atoms with van der Waals surface area (Å²) in [5.41, 5.74) is -0.467. The Balaban J connectivity index is 2.04. The maximum absolute atomic E-state index is 12.7. The van der Waals surface area contributed by atoms with Crippen molar-refractivity contribution in [2.45, 2.75) is 0 Å². The van der Waals surface area contributed by atoms with Gasteiger partial charge in [-0.1, -0.05) is 18.2 Å². The molecule has 0 aliphatic rings. The van der Waals surface area contributed by atoms with Crippen LogP contribution in [0.1, 0.15) is 20.9 Å². The van der Waals surface area contributed by atoms with E-state index in [1.165, 1.54) is 39.5 Å². The highest BCUT2D eigenvalue weighted by atomic mass is 16.5. The predicted molar refractivity (Wildman–Crippen MR) is 101 cm³/mol. The summed E-state index contributed by atoms with van der Waals surface area (Å²) in [5, 5.41) is 3.47. The van der Waals surface area contributed by atoms with Crippen LogP contribution in [0.15, 0.2) is 51.7 Å². The van der Waals surface area contributed by atoms with Gasteiger partial charge in [0.2, 0.25) is 0 Å². The van der Waals surface area contributed by atoms with E-state index >= 15 is 0 Å². The van der Waals surface area contributed by atoms with Gasteiger partial charge in [-0.25, -0.2) is 9.59 Å². The molecule has 3 rings (SSSR count). The summed E-state index contributed by atoms with van der Waals surface area (Å²) in [5.74, 6) is -1.01. The van der Waals surface area contributed by atoms with Crippen LogP contribution in [0, 0.1) is 0 Å². The average Bonchev–Trinajstić information content (AvgIpc) is 2.72. The van der Waals surface area contributed by atoms with E-state index < -0.39 is 17.5 Å². The molecule has 0 fully saturated rings. The Morgan fingerprint density at radius 2 is 1.64 bits per heavy atom. The number of carbonyl (C=O) groups is 2. The smallest absolute Gasteiger partial charge is 0.344 e. The van der Waals surface area contributed by atoms with Gasteiger partial charge in [-0.2, -0.15) is 0 Å². The van der Waals surface area contributed by atoms with Gasteiger partial charge in [0.25, 0.3) is 5.91 Å². The molecule has 0 atom stereocenters. The Morgan fingerprint density at radius 1 is 0.964 bits per heavy atom. The number of hydrogen-bond acceptors (Lipinski definition) is 7. The quantitative estimate of drug-likeness (QED) is 0.676. The monoisotopic (exact) mass is 383 g/mol. The highest BCUT2D eigenvalue weighted by Crippen LogP contribution is 2.34. The molecule has 3 aromatic rings. The van der Waals surface area contributed by atoms with Crippen molar-refractivity contribution in [3.63, 3.8) is 0 Å². The molecular formula is C20H17NO7. The second kappa shape index (κ2) is 7.83. The van der Waals surface area contributed by atoms with Crippen molar-refractivity contribution in [2.24, 2.45) is 0 Å². The van der Waals surface area contributed by atoms with Crippen molar-refractivity contribution in [3.05, 3.63) is 64.2 Å². The van der Waals surface area contributed by atoms with Crippen molar-refractivity contribution in [1.29, 1.82) is 0 Å². The lowest BCUT2D eigenvalue weighted by molar-refractivity contribution is 0.0601. The molecule has 8 heteroatoms. The first-order chi connectivity index (χ1) is 13.5. The number of fused-ring (bicyclic) bond motifs is 1. The Morgan fingerprint density at radius 3 is 2.32 bits per heavy atom. The van der Waals surface area contributed by atoms with Gasteiger partial charge in [0.15, 0.2) is 17.3 Å². The number of esters is 1. The summed E-state index contributed by atoms with van der Waals surface area (Å²) >= 11 is 0. The van der Waals surface area contributed by atoms with Gasteiger partial charge in [-0.05, 0) is 17.5 Å². The molecule has 0 unspecified atom stereocenters. The second-order valence-corrected chi connectivity index (χ2v) is 5.68. The van der Waals surface area contributed by atoms with E-state index in [2.05, 4.69) is 5.32 Å². The number of nitrogens with one attached hydrogen (secondary N) is 1. The van der Waals surface area contributed by atoms with E-state index in [1.807, 2.05) is 0 Å². The second-order valence-electron chi connectivity index (χ2n) is 5.68. The molecule has 8 nitrogen and oxygen atoms in total. The number of benzene rings is 2. The molecule has 28 heavy (non-hydrogen) atoms. The zero-order valence-electron chi connectivity index (χ0n) is 15.4. The van der Waals surface area contributed by atoms with E-state index in [4.69, 9.17) is 18.6 Å². The molecule has 1 amide bonds. The summed E-state index contributed by atoms with van der Waals surface area (Å²) in [7, 11) is 4.05. The number of ether oxygens (including phenoxy) is 3. The Kier molecular flexibility index (Phi) is 5.30. The fraction of sp³-hybridized carbons (Fsp3) is 0.150. The Hall–Kier alpha value is -3.81. The third-order valence-corrected chi connectivity index (χ3v) is 4.07. The molecule has 0 saturated heterocycles. The summed E-state index contributed by atoms with van der Waals surface area (Å²) < 4.78 is 20.2. The predicted octanol–water partition coefficient (Wildman–Crippen LogP) is 2.85. The van der Waals surface area contributed by atoms with Crippen molar-refractivity contribution in [3.8, 4) is 11.5 Å². The van der Waals surface area contributed by atoms with Crippen LogP contribution >= 0.6 is 0 Å². The fourth-order valence-corrected chi connectivity index (χ4v) is 2.69. The molecule has 0 radical (unpaired) electrons. The molecule has 0 aliphatic carbocycles. The molecule has 1 heterocycles. The fourth-order valence-electron chi connectivity index (χ4n) is 2.69. The van der Waals surface area contributed by atoms with Crippen molar-refractivity contribution >= 4 is 28.3 Å². The normalized spacial score (nSPS) is 10.4. The van der Waals surface area contributed by atoms with Gasteiger partial charge in [-0.15, -0.1) is 0 Å². The van der Waals surface area contributed by atoms with E-state index in [9.17, 15) is 14.4 Å². The van der Waals surface area contributed by atoms with Gasteiger partial charge < -0.3 is 23.9 Å².